The zero-order valence-electron chi connectivity index (χ0n) is 14.0. The Labute approximate surface area is 141 Å². The van der Waals surface area contributed by atoms with Gasteiger partial charge in [0.1, 0.15) is 0 Å². The summed E-state index contributed by atoms with van der Waals surface area (Å²) in [6, 6.07) is 15.1. The number of methoxy groups -OCH3 is 1. The lowest BCUT2D eigenvalue weighted by Crippen LogP contribution is -2.24. The maximum absolute atomic E-state index is 12.0. The number of aryl methyl sites for hydroxylation is 1. The van der Waals surface area contributed by atoms with E-state index in [9.17, 15) is 9.59 Å². The first-order valence-corrected chi connectivity index (χ1v) is 7.61. The Morgan fingerprint density at radius 3 is 2.00 bits per heavy atom. The molecule has 0 aromatic heterocycles. The highest BCUT2D eigenvalue weighted by molar-refractivity contribution is 5.89. The van der Waals surface area contributed by atoms with Gasteiger partial charge in [-0.1, -0.05) is 42.0 Å². The van der Waals surface area contributed by atoms with Gasteiger partial charge in [0.2, 0.25) is 5.91 Å². The molecule has 5 nitrogen and oxygen atoms in total. The predicted octanol–water partition coefficient (Wildman–Crippen LogP) is 2.98. The van der Waals surface area contributed by atoms with Crippen molar-refractivity contribution in [3.05, 3.63) is 70.8 Å². The number of ether oxygens (including phenoxy) is 1. The molecule has 5 heteroatoms. The Kier molecular flexibility index (Phi) is 6.09. The highest BCUT2D eigenvalue weighted by atomic mass is 16.6. The van der Waals surface area contributed by atoms with E-state index < -0.39 is 0 Å². The van der Waals surface area contributed by atoms with Crippen LogP contribution in [0.1, 0.15) is 39.4 Å². The van der Waals surface area contributed by atoms with Gasteiger partial charge in [-0.3, -0.25) is 9.63 Å². The Morgan fingerprint density at radius 1 is 0.958 bits per heavy atom. The first-order chi connectivity index (χ1) is 11.5. The summed E-state index contributed by atoms with van der Waals surface area (Å²) < 4.78 is 4.71. The number of esters is 1. The van der Waals surface area contributed by atoms with E-state index in [0.717, 1.165) is 16.7 Å². The van der Waals surface area contributed by atoms with Crippen molar-refractivity contribution in [2.45, 2.75) is 19.3 Å². The maximum Gasteiger partial charge on any atom is 0.337 e. The molecule has 0 bridgehead atoms. The van der Waals surface area contributed by atoms with Crippen LogP contribution in [0.15, 0.2) is 48.5 Å². The van der Waals surface area contributed by atoms with Crippen LogP contribution in [0, 0.1) is 6.92 Å². The second-order valence-electron chi connectivity index (χ2n) is 5.51. The molecule has 1 amide bonds. The van der Waals surface area contributed by atoms with Crippen LogP contribution in [0.4, 0.5) is 0 Å². The number of amides is 1. The number of hydroxylamine groups is 1. The smallest absolute Gasteiger partial charge is 0.337 e. The van der Waals surface area contributed by atoms with Gasteiger partial charge < -0.3 is 4.74 Å². The van der Waals surface area contributed by atoms with Crippen LogP contribution < -0.4 is 5.48 Å². The van der Waals surface area contributed by atoms with Crippen molar-refractivity contribution in [1.82, 2.24) is 5.48 Å². The SMILES string of the molecule is CONC(=O)CC(c1ccc(C)cc1)c1ccc(C(=O)OC)cc1. The fourth-order valence-electron chi connectivity index (χ4n) is 2.54. The van der Waals surface area contributed by atoms with Crippen molar-refractivity contribution in [3.63, 3.8) is 0 Å². The van der Waals surface area contributed by atoms with Gasteiger partial charge in [0.05, 0.1) is 19.8 Å². The van der Waals surface area contributed by atoms with E-state index in [1.165, 1.54) is 14.2 Å². The molecule has 0 aliphatic carbocycles. The molecule has 2 aromatic carbocycles. The average Bonchev–Trinajstić information content (AvgIpc) is 2.60. The second kappa shape index (κ2) is 8.26. The van der Waals surface area contributed by atoms with Crippen LogP contribution in [0.25, 0.3) is 0 Å². The Bertz CT molecular complexity index is 692. The van der Waals surface area contributed by atoms with Gasteiger partial charge >= 0.3 is 5.97 Å². The molecular formula is C19H21NO4. The van der Waals surface area contributed by atoms with Crippen molar-refractivity contribution in [1.29, 1.82) is 0 Å². The average molecular weight is 327 g/mol. The number of hydrogen-bond donors (Lipinski definition) is 1. The van der Waals surface area contributed by atoms with E-state index in [4.69, 9.17) is 9.57 Å². The van der Waals surface area contributed by atoms with Crippen LogP contribution in [0.2, 0.25) is 0 Å². The summed E-state index contributed by atoms with van der Waals surface area (Å²) in [6.07, 6.45) is 0.245. The first kappa shape index (κ1) is 17.7. The third kappa shape index (κ3) is 4.43. The number of rotatable bonds is 6. The lowest BCUT2D eigenvalue weighted by molar-refractivity contribution is -0.131. The molecule has 126 valence electrons. The lowest BCUT2D eigenvalue weighted by Gasteiger charge is -2.18. The summed E-state index contributed by atoms with van der Waals surface area (Å²) in [5.74, 6) is -0.724. The van der Waals surface area contributed by atoms with Crippen molar-refractivity contribution < 1.29 is 19.2 Å². The van der Waals surface area contributed by atoms with Gasteiger partial charge in [-0.15, -0.1) is 0 Å². The van der Waals surface area contributed by atoms with Crippen LogP contribution in [-0.2, 0) is 14.4 Å². The maximum atomic E-state index is 12.0. The van der Waals surface area contributed by atoms with Gasteiger partial charge in [-0.05, 0) is 30.2 Å². The van der Waals surface area contributed by atoms with Gasteiger partial charge in [0, 0.05) is 12.3 Å². The van der Waals surface area contributed by atoms with Crippen LogP contribution in [0.5, 0.6) is 0 Å². The fraction of sp³-hybridized carbons (Fsp3) is 0.263. The molecule has 1 atom stereocenters. The summed E-state index contributed by atoms with van der Waals surface area (Å²) >= 11 is 0. The minimum atomic E-state index is -0.384. The molecule has 0 radical (unpaired) electrons. The normalized spacial score (nSPS) is 11.6. The molecule has 0 saturated carbocycles. The standard InChI is InChI=1S/C19H21NO4/c1-13-4-6-14(7-5-13)17(12-18(21)20-24-3)15-8-10-16(11-9-15)19(22)23-2/h4-11,17H,12H2,1-3H3,(H,20,21). The van der Waals surface area contributed by atoms with Crippen LogP contribution in [-0.4, -0.2) is 26.1 Å². The zero-order chi connectivity index (χ0) is 17.5. The molecule has 1 unspecified atom stereocenters. The quantitative estimate of drug-likeness (QED) is 0.654. The van der Waals surface area contributed by atoms with Gasteiger partial charge in [0.15, 0.2) is 0 Å². The number of carbonyl (C=O) groups is 2. The van der Waals surface area contributed by atoms with Gasteiger partial charge in [-0.2, -0.15) is 0 Å². The molecule has 0 saturated heterocycles. The minimum Gasteiger partial charge on any atom is -0.465 e. The van der Waals surface area contributed by atoms with E-state index in [-0.39, 0.29) is 24.2 Å². The molecule has 24 heavy (non-hydrogen) atoms. The molecule has 0 spiro atoms. The van der Waals surface area contributed by atoms with Crippen molar-refractivity contribution in [2.75, 3.05) is 14.2 Å². The third-order valence-electron chi connectivity index (χ3n) is 3.82. The topological polar surface area (TPSA) is 64.6 Å². The van der Waals surface area contributed by atoms with Crippen molar-refractivity contribution >= 4 is 11.9 Å². The highest BCUT2D eigenvalue weighted by Gasteiger charge is 2.19. The van der Waals surface area contributed by atoms with E-state index in [1.807, 2.05) is 43.3 Å². The minimum absolute atomic E-state index is 0.132. The molecule has 0 heterocycles. The summed E-state index contributed by atoms with van der Waals surface area (Å²) in [7, 11) is 2.75. The Hall–Kier alpha value is -2.66. The van der Waals surface area contributed by atoms with E-state index in [2.05, 4.69) is 5.48 Å². The number of hydrogen-bond acceptors (Lipinski definition) is 4. The summed E-state index contributed by atoms with van der Waals surface area (Å²) in [5, 5.41) is 0. The molecule has 2 aromatic rings. The summed E-state index contributed by atoms with van der Waals surface area (Å²) in [4.78, 5) is 28.2. The second-order valence-corrected chi connectivity index (χ2v) is 5.51. The molecular weight excluding hydrogens is 306 g/mol. The first-order valence-electron chi connectivity index (χ1n) is 7.61. The number of benzene rings is 2. The van der Waals surface area contributed by atoms with E-state index in [0.29, 0.717) is 5.56 Å². The fourth-order valence-corrected chi connectivity index (χ4v) is 2.54. The molecule has 0 aliphatic rings. The Morgan fingerprint density at radius 2 is 1.50 bits per heavy atom. The van der Waals surface area contributed by atoms with Gasteiger partial charge in [-0.25, -0.2) is 10.3 Å². The van der Waals surface area contributed by atoms with Crippen LogP contribution in [0.3, 0.4) is 0 Å². The summed E-state index contributed by atoms with van der Waals surface area (Å²) in [6.45, 7) is 2.02. The van der Waals surface area contributed by atoms with Crippen molar-refractivity contribution in [3.8, 4) is 0 Å². The molecule has 2 rings (SSSR count). The highest BCUT2D eigenvalue weighted by Crippen LogP contribution is 2.28. The van der Waals surface area contributed by atoms with Crippen molar-refractivity contribution in [2.24, 2.45) is 0 Å². The number of nitrogens with one attached hydrogen (secondary N) is 1. The molecule has 1 N–H and O–H groups in total. The van der Waals surface area contributed by atoms with E-state index in [1.54, 1.807) is 12.1 Å². The number of carbonyl (C=O) groups excluding carboxylic acids is 2. The summed E-state index contributed by atoms with van der Waals surface area (Å²) in [5.41, 5.74) is 5.95. The predicted molar refractivity (Wildman–Crippen MR) is 90.6 cm³/mol. The van der Waals surface area contributed by atoms with Gasteiger partial charge in [0.25, 0.3) is 0 Å². The largest absolute Gasteiger partial charge is 0.465 e. The van der Waals surface area contributed by atoms with E-state index >= 15 is 0 Å². The monoisotopic (exact) mass is 327 g/mol. The Balaban J connectivity index is 2.32. The lowest BCUT2D eigenvalue weighted by atomic mass is 9.87. The third-order valence-corrected chi connectivity index (χ3v) is 3.82. The zero-order valence-corrected chi connectivity index (χ0v) is 14.0. The van der Waals surface area contributed by atoms with Crippen LogP contribution >= 0.6 is 0 Å². The molecule has 0 aliphatic heterocycles. The molecule has 0 fully saturated rings.